The van der Waals surface area contributed by atoms with E-state index in [1.165, 1.54) is 0 Å². The molecular formula is C50H50Cl4N8O8S2. The van der Waals surface area contributed by atoms with Crippen molar-refractivity contribution in [2.24, 2.45) is 0 Å². The molecule has 0 bridgehead atoms. The van der Waals surface area contributed by atoms with E-state index in [2.05, 4.69) is 41.5 Å². The minimum atomic E-state index is -3.88. The lowest BCUT2D eigenvalue weighted by atomic mass is 9.77. The van der Waals surface area contributed by atoms with E-state index in [9.17, 15) is 27.4 Å². The number of benzene rings is 4. The Kier molecular flexibility index (Phi) is 17.4. The minimum Gasteiger partial charge on any atom is -0.489 e. The van der Waals surface area contributed by atoms with Gasteiger partial charge in [-0.25, -0.2) is 36.8 Å². The topological polar surface area (TPSA) is 228 Å². The smallest absolute Gasteiger partial charge is 0.237 e. The molecule has 72 heavy (non-hydrogen) atoms. The van der Waals surface area contributed by atoms with Gasteiger partial charge in [-0.3, -0.25) is 9.44 Å². The van der Waals surface area contributed by atoms with E-state index in [4.69, 9.17) is 65.4 Å². The lowest BCUT2D eigenvalue weighted by molar-refractivity contribution is 0.300. The Balaban J connectivity index is 1.29. The van der Waals surface area contributed by atoms with Crippen LogP contribution in [0.2, 0.25) is 10.0 Å². The van der Waals surface area contributed by atoms with Gasteiger partial charge in [0.1, 0.15) is 50.1 Å². The summed E-state index contributed by atoms with van der Waals surface area (Å²) in [6, 6.07) is 25.9. The molecule has 16 nitrogen and oxygen atoms in total. The van der Waals surface area contributed by atoms with Gasteiger partial charge in [0, 0.05) is 22.0 Å². The van der Waals surface area contributed by atoms with Crippen molar-refractivity contribution in [2.75, 3.05) is 46.9 Å². The Labute approximate surface area is 439 Å². The van der Waals surface area contributed by atoms with E-state index in [1.807, 2.05) is 52.0 Å². The van der Waals surface area contributed by atoms with Crippen molar-refractivity contribution < 1.29 is 35.8 Å². The second kappa shape index (κ2) is 22.7. The van der Waals surface area contributed by atoms with E-state index in [-0.39, 0.29) is 94.1 Å². The number of nitrogens with one attached hydrogen (secondary N) is 2. The van der Waals surface area contributed by atoms with Crippen LogP contribution in [0.4, 0.5) is 11.9 Å². The summed E-state index contributed by atoms with van der Waals surface area (Å²) in [5, 5.41) is 20.3. The largest absolute Gasteiger partial charge is 0.489 e. The van der Waals surface area contributed by atoms with Crippen molar-refractivity contribution in [1.29, 1.82) is 10.5 Å². The third kappa shape index (κ3) is 13.3. The molecular weight excluding hydrogens is 1050 g/mol. The quantitative estimate of drug-likeness (QED) is 0.0639. The SMILES string of the molecule is Cc1c(COc2ccc(C(C)(C)c3cc(Cl)c(OCCCl)c(C#N)c3)cc2)nc(NS(C)(=O)=O)nc1-c1nc(NS(C)(=O)=O)nc(COc2ccc(C(C)(C)c3cc(Cl)c(OCCCl)c(C#N)c3)cc2)c1C. The molecule has 22 heteroatoms. The number of nitrogens with zero attached hydrogens (tertiary/aromatic N) is 6. The normalized spacial score (nSPS) is 11.9. The summed E-state index contributed by atoms with van der Waals surface area (Å²) < 4.78 is 78.5. The summed E-state index contributed by atoms with van der Waals surface area (Å²) in [4.78, 5) is 18.1. The highest BCUT2D eigenvalue weighted by Gasteiger charge is 2.29. The van der Waals surface area contributed by atoms with Crippen molar-refractivity contribution in [2.45, 2.75) is 65.6 Å². The molecule has 0 saturated carbocycles. The van der Waals surface area contributed by atoms with Crippen LogP contribution in [0.15, 0.2) is 72.8 Å². The van der Waals surface area contributed by atoms with Crippen molar-refractivity contribution in [3.05, 3.63) is 139 Å². The number of halogens is 4. The zero-order chi connectivity index (χ0) is 52.8. The summed E-state index contributed by atoms with van der Waals surface area (Å²) in [5.74, 6) is 1.38. The molecule has 0 aliphatic heterocycles. The van der Waals surface area contributed by atoms with Crippen LogP contribution in [0.3, 0.4) is 0 Å². The first-order valence-corrected chi connectivity index (χ1v) is 27.5. The zero-order valence-corrected chi connectivity index (χ0v) is 45.1. The number of ether oxygens (including phenoxy) is 4. The van der Waals surface area contributed by atoms with Crippen LogP contribution in [0.1, 0.15) is 83.6 Å². The molecule has 378 valence electrons. The molecule has 0 amide bonds. The fraction of sp³-hybridized carbons (Fsp3) is 0.320. The van der Waals surface area contributed by atoms with E-state index < -0.39 is 30.9 Å². The molecule has 2 heterocycles. The van der Waals surface area contributed by atoms with Gasteiger partial charge in [0.05, 0.1) is 68.2 Å². The summed E-state index contributed by atoms with van der Waals surface area (Å²) in [5.41, 5.74) is 4.52. The molecule has 0 unspecified atom stereocenters. The predicted octanol–water partition coefficient (Wildman–Crippen LogP) is 10.4. The van der Waals surface area contributed by atoms with Crippen molar-refractivity contribution in [3.63, 3.8) is 0 Å². The molecule has 0 fully saturated rings. The Morgan fingerprint density at radius 1 is 0.556 bits per heavy atom. The predicted molar refractivity (Wildman–Crippen MR) is 280 cm³/mol. The van der Waals surface area contributed by atoms with Crippen LogP contribution >= 0.6 is 46.4 Å². The fourth-order valence-electron chi connectivity index (χ4n) is 7.51. The number of aromatic nitrogens is 4. The molecule has 0 saturated heterocycles. The molecule has 4 aromatic carbocycles. The van der Waals surface area contributed by atoms with Crippen LogP contribution in [0.5, 0.6) is 23.0 Å². The van der Waals surface area contributed by atoms with Crippen LogP contribution in [0, 0.1) is 36.5 Å². The third-order valence-corrected chi connectivity index (χ3v) is 13.6. The van der Waals surface area contributed by atoms with Crippen molar-refractivity contribution in [1.82, 2.24) is 19.9 Å². The van der Waals surface area contributed by atoms with Gasteiger partial charge in [-0.05, 0) is 84.6 Å². The first-order valence-electron chi connectivity index (χ1n) is 21.9. The first-order chi connectivity index (χ1) is 33.9. The fourth-order valence-corrected chi connectivity index (χ4v) is 9.06. The molecule has 2 aromatic heterocycles. The van der Waals surface area contributed by atoms with Gasteiger partial charge in [-0.1, -0.05) is 75.2 Å². The number of sulfonamides is 2. The van der Waals surface area contributed by atoms with Crippen LogP contribution < -0.4 is 28.4 Å². The van der Waals surface area contributed by atoms with Gasteiger partial charge in [0.15, 0.2) is 11.5 Å². The molecule has 0 spiro atoms. The van der Waals surface area contributed by atoms with Crippen molar-refractivity contribution >= 4 is 78.3 Å². The van der Waals surface area contributed by atoms with E-state index in [0.29, 0.717) is 34.0 Å². The number of hydrogen-bond acceptors (Lipinski definition) is 14. The summed E-state index contributed by atoms with van der Waals surface area (Å²) >= 11 is 24.7. The van der Waals surface area contributed by atoms with E-state index >= 15 is 0 Å². The van der Waals surface area contributed by atoms with Crippen LogP contribution in [0.25, 0.3) is 11.4 Å². The number of anilines is 2. The molecule has 0 aliphatic carbocycles. The highest BCUT2D eigenvalue weighted by molar-refractivity contribution is 7.92. The average molecular weight is 1100 g/mol. The summed E-state index contributed by atoms with van der Waals surface area (Å²) in [7, 11) is -7.77. The summed E-state index contributed by atoms with van der Waals surface area (Å²) in [6.45, 7) is 11.5. The van der Waals surface area contributed by atoms with Crippen LogP contribution in [-0.2, 0) is 44.1 Å². The average Bonchev–Trinajstić information content (AvgIpc) is 3.32. The van der Waals surface area contributed by atoms with Gasteiger partial charge in [0.2, 0.25) is 31.9 Å². The maximum absolute atomic E-state index is 12.5. The highest BCUT2D eigenvalue weighted by atomic mass is 35.5. The second-order valence-electron chi connectivity index (χ2n) is 17.5. The minimum absolute atomic E-state index is 0.143. The zero-order valence-electron chi connectivity index (χ0n) is 40.4. The van der Waals surface area contributed by atoms with Gasteiger partial charge in [0.25, 0.3) is 0 Å². The molecule has 6 rings (SSSR count). The highest BCUT2D eigenvalue weighted by Crippen LogP contribution is 2.41. The van der Waals surface area contributed by atoms with Crippen molar-refractivity contribution in [3.8, 4) is 46.5 Å². The Hall–Kier alpha value is -6.12. The van der Waals surface area contributed by atoms with Crippen LogP contribution in [-0.4, -0.2) is 74.3 Å². The van der Waals surface area contributed by atoms with Gasteiger partial charge in [-0.2, -0.15) is 10.5 Å². The van der Waals surface area contributed by atoms with Gasteiger partial charge >= 0.3 is 0 Å². The lowest BCUT2D eigenvalue weighted by Gasteiger charge is -2.27. The third-order valence-electron chi connectivity index (χ3n) is 11.6. The number of rotatable bonds is 21. The standard InChI is InChI=1S/C50H50Cl4N8O8S2/c1-29-41(27-69-37-13-9-33(10-14-37)49(3,4)35-21-31(25-55)45(39(53)23-35)67-19-17-51)57-47(61-71(7,63)64)59-43(29)44-30(2)42(58-48(60-44)62-72(8,65)66)28-70-38-15-11-34(12-16-38)50(5,6)36-22-32(26-56)46(40(54)24-36)68-20-18-52/h9-16,21-24H,17-20,27-28H2,1-8H3,(H,57,59,61)(H,58,60,62). The molecule has 0 radical (unpaired) electrons. The number of hydrogen-bond donors (Lipinski definition) is 2. The molecule has 6 aromatic rings. The second-order valence-corrected chi connectivity index (χ2v) is 22.6. The Morgan fingerprint density at radius 2 is 0.903 bits per heavy atom. The maximum Gasteiger partial charge on any atom is 0.237 e. The lowest BCUT2D eigenvalue weighted by Crippen LogP contribution is -2.19. The molecule has 2 N–H and O–H groups in total. The summed E-state index contributed by atoms with van der Waals surface area (Å²) in [6.07, 6.45) is 1.91. The first kappa shape index (κ1) is 55.2. The number of nitriles is 2. The monoisotopic (exact) mass is 1090 g/mol. The number of alkyl halides is 2. The maximum atomic E-state index is 12.5. The molecule has 0 atom stereocenters. The Morgan fingerprint density at radius 3 is 1.21 bits per heavy atom. The molecule has 0 aliphatic rings. The van der Waals surface area contributed by atoms with E-state index in [1.54, 1.807) is 62.4 Å². The van der Waals surface area contributed by atoms with Gasteiger partial charge in [-0.15, -0.1) is 23.2 Å². The Bertz CT molecular complexity index is 3090. The van der Waals surface area contributed by atoms with Gasteiger partial charge < -0.3 is 18.9 Å². The van der Waals surface area contributed by atoms with E-state index in [0.717, 1.165) is 34.8 Å².